The van der Waals surface area contributed by atoms with Crippen LogP contribution in [0.3, 0.4) is 0 Å². The Morgan fingerprint density at radius 1 is 1.22 bits per heavy atom. The zero-order valence-electron chi connectivity index (χ0n) is 14.4. The average molecular weight is 318 g/mol. The van der Waals surface area contributed by atoms with Gasteiger partial charge in [-0.2, -0.15) is 0 Å². The molecule has 2 rings (SSSR count). The molecule has 1 amide bonds. The lowest BCUT2D eigenvalue weighted by Gasteiger charge is -2.37. The molecule has 4 heteroatoms. The molecule has 0 spiro atoms. The summed E-state index contributed by atoms with van der Waals surface area (Å²) in [5.41, 5.74) is -0.684. The highest BCUT2D eigenvalue weighted by Gasteiger charge is 2.45. The Hall–Kier alpha value is -1.39. The van der Waals surface area contributed by atoms with Crippen molar-refractivity contribution in [2.24, 2.45) is 5.92 Å². The van der Waals surface area contributed by atoms with Gasteiger partial charge in [0.15, 0.2) is 5.60 Å². The second-order valence-corrected chi connectivity index (χ2v) is 6.88. The summed E-state index contributed by atoms with van der Waals surface area (Å²) in [5, 5.41) is 14.3. The molecule has 1 fully saturated rings. The van der Waals surface area contributed by atoms with Crippen LogP contribution in [-0.4, -0.2) is 43.1 Å². The van der Waals surface area contributed by atoms with Crippen molar-refractivity contribution in [2.75, 3.05) is 27.2 Å². The van der Waals surface area contributed by atoms with Crippen molar-refractivity contribution in [1.29, 1.82) is 0 Å². The fraction of sp³-hybridized carbons (Fsp3) is 0.632. The Bertz CT molecular complexity index is 483. The van der Waals surface area contributed by atoms with Gasteiger partial charge in [0.25, 0.3) is 5.91 Å². The number of carbonyl (C=O) groups excluding carboxylic acids is 1. The Morgan fingerprint density at radius 2 is 1.87 bits per heavy atom. The molecule has 1 aliphatic carbocycles. The van der Waals surface area contributed by atoms with Crippen LogP contribution in [0.15, 0.2) is 30.3 Å². The fourth-order valence-electron chi connectivity index (χ4n) is 3.50. The zero-order valence-corrected chi connectivity index (χ0v) is 14.4. The summed E-state index contributed by atoms with van der Waals surface area (Å²) in [5.74, 6) is -0.234. The van der Waals surface area contributed by atoms with Crippen molar-refractivity contribution in [2.45, 2.75) is 44.1 Å². The second kappa shape index (κ2) is 8.46. The third-order valence-electron chi connectivity index (χ3n) is 4.82. The minimum atomic E-state index is -1.40. The van der Waals surface area contributed by atoms with Gasteiger partial charge in [-0.25, -0.2) is 0 Å². The van der Waals surface area contributed by atoms with Crippen molar-refractivity contribution < 1.29 is 9.90 Å². The number of nitrogens with one attached hydrogen (secondary N) is 1. The quantitative estimate of drug-likeness (QED) is 0.760. The largest absolute Gasteiger partial charge is 0.375 e. The number of hydrogen-bond donors (Lipinski definition) is 2. The zero-order chi connectivity index (χ0) is 16.7. The van der Waals surface area contributed by atoms with E-state index in [9.17, 15) is 9.90 Å². The molecule has 1 aromatic rings. The smallest absolute Gasteiger partial charge is 0.256 e. The van der Waals surface area contributed by atoms with Crippen molar-refractivity contribution in [3.8, 4) is 0 Å². The van der Waals surface area contributed by atoms with Gasteiger partial charge in [0, 0.05) is 12.5 Å². The summed E-state index contributed by atoms with van der Waals surface area (Å²) in [7, 11) is 4.04. The van der Waals surface area contributed by atoms with Crippen LogP contribution >= 0.6 is 0 Å². The van der Waals surface area contributed by atoms with Gasteiger partial charge >= 0.3 is 0 Å². The van der Waals surface area contributed by atoms with Gasteiger partial charge in [-0.05, 0) is 45.5 Å². The number of nitrogens with zero attached hydrogens (tertiary/aromatic N) is 1. The molecular weight excluding hydrogens is 288 g/mol. The van der Waals surface area contributed by atoms with Gasteiger partial charge < -0.3 is 15.3 Å². The predicted molar refractivity (Wildman–Crippen MR) is 93.1 cm³/mol. The highest BCUT2D eigenvalue weighted by molar-refractivity contribution is 5.86. The highest BCUT2D eigenvalue weighted by atomic mass is 16.3. The topological polar surface area (TPSA) is 52.6 Å². The van der Waals surface area contributed by atoms with Gasteiger partial charge in [-0.3, -0.25) is 4.79 Å². The Kier molecular flexibility index (Phi) is 6.60. The molecule has 0 saturated heterocycles. The van der Waals surface area contributed by atoms with Crippen LogP contribution in [0, 0.1) is 5.92 Å². The summed E-state index contributed by atoms with van der Waals surface area (Å²) in [4.78, 5) is 14.9. The van der Waals surface area contributed by atoms with E-state index in [1.165, 1.54) is 6.42 Å². The summed E-state index contributed by atoms with van der Waals surface area (Å²) in [6.07, 6.45) is 6.09. The number of benzene rings is 1. The maximum Gasteiger partial charge on any atom is 0.256 e. The van der Waals surface area contributed by atoms with E-state index in [1.54, 1.807) is 0 Å². The van der Waals surface area contributed by atoms with Crippen LogP contribution in [0.25, 0.3) is 0 Å². The molecule has 0 heterocycles. The molecule has 0 bridgehead atoms. The van der Waals surface area contributed by atoms with Gasteiger partial charge in [-0.15, -0.1) is 0 Å². The summed E-state index contributed by atoms with van der Waals surface area (Å²) in [6, 6.07) is 9.44. The lowest BCUT2D eigenvalue weighted by molar-refractivity contribution is -0.149. The van der Waals surface area contributed by atoms with Crippen molar-refractivity contribution >= 4 is 5.91 Å². The van der Waals surface area contributed by atoms with Crippen LogP contribution < -0.4 is 5.32 Å². The van der Waals surface area contributed by atoms with Gasteiger partial charge in [0.1, 0.15) is 0 Å². The third-order valence-corrected chi connectivity index (χ3v) is 4.82. The molecule has 1 aliphatic rings. The molecule has 4 nitrogen and oxygen atoms in total. The van der Waals surface area contributed by atoms with Crippen LogP contribution in [-0.2, 0) is 10.4 Å². The number of rotatable bonds is 7. The van der Waals surface area contributed by atoms with Gasteiger partial charge in [0.2, 0.25) is 0 Å². The number of amides is 1. The first-order chi connectivity index (χ1) is 11.0. The lowest BCUT2D eigenvalue weighted by Crippen LogP contribution is -2.50. The SMILES string of the molecule is CN(C)CCCNC(=O)C(O)(c1ccccc1)C1CCCCC1. The maximum absolute atomic E-state index is 12.8. The first kappa shape index (κ1) is 18.0. The minimum Gasteiger partial charge on any atom is -0.375 e. The van der Waals surface area contributed by atoms with E-state index in [-0.39, 0.29) is 11.8 Å². The minimum absolute atomic E-state index is 0.00694. The monoisotopic (exact) mass is 318 g/mol. The van der Waals surface area contributed by atoms with Crippen molar-refractivity contribution in [3.63, 3.8) is 0 Å². The average Bonchev–Trinajstić information content (AvgIpc) is 2.59. The molecule has 0 radical (unpaired) electrons. The molecule has 1 aromatic carbocycles. The number of hydrogen-bond acceptors (Lipinski definition) is 3. The van der Waals surface area contributed by atoms with Crippen molar-refractivity contribution in [1.82, 2.24) is 10.2 Å². The Morgan fingerprint density at radius 3 is 2.48 bits per heavy atom. The summed E-state index contributed by atoms with van der Waals surface area (Å²) in [6.45, 7) is 1.52. The number of carbonyl (C=O) groups is 1. The predicted octanol–water partition coefficient (Wildman–Crippen LogP) is 2.52. The standard InChI is InChI=1S/C19H30N2O2/c1-21(2)15-9-14-20-18(22)19(23,16-10-5-3-6-11-16)17-12-7-4-8-13-17/h3,5-6,10-11,17,23H,4,7-9,12-15H2,1-2H3,(H,20,22). The van der Waals surface area contributed by atoms with E-state index in [1.807, 2.05) is 44.4 Å². The Labute approximate surface area is 139 Å². The maximum atomic E-state index is 12.8. The molecular formula is C19H30N2O2. The fourth-order valence-corrected chi connectivity index (χ4v) is 3.50. The van der Waals surface area contributed by atoms with E-state index in [2.05, 4.69) is 10.2 Å². The molecule has 1 saturated carbocycles. The van der Waals surface area contributed by atoms with Gasteiger partial charge in [-0.1, -0.05) is 49.6 Å². The summed E-state index contributed by atoms with van der Waals surface area (Å²) < 4.78 is 0. The lowest BCUT2D eigenvalue weighted by atomic mass is 9.73. The molecule has 0 aliphatic heterocycles. The molecule has 2 N–H and O–H groups in total. The van der Waals surface area contributed by atoms with Crippen LogP contribution in [0.2, 0.25) is 0 Å². The Balaban J connectivity index is 2.11. The van der Waals surface area contributed by atoms with E-state index < -0.39 is 5.60 Å². The first-order valence-electron chi connectivity index (χ1n) is 8.76. The normalized spacial score (nSPS) is 18.6. The van der Waals surface area contributed by atoms with Crippen molar-refractivity contribution in [3.05, 3.63) is 35.9 Å². The second-order valence-electron chi connectivity index (χ2n) is 6.88. The summed E-state index contributed by atoms with van der Waals surface area (Å²) >= 11 is 0. The van der Waals surface area contributed by atoms with Crippen LogP contribution in [0.1, 0.15) is 44.1 Å². The first-order valence-corrected chi connectivity index (χ1v) is 8.76. The van der Waals surface area contributed by atoms with Crippen LogP contribution in [0.5, 0.6) is 0 Å². The number of aliphatic hydroxyl groups is 1. The van der Waals surface area contributed by atoms with Gasteiger partial charge in [0.05, 0.1) is 0 Å². The van der Waals surface area contributed by atoms with E-state index >= 15 is 0 Å². The van der Waals surface area contributed by atoms with Crippen LogP contribution in [0.4, 0.5) is 0 Å². The molecule has 23 heavy (non-hydrogen) atoms. The van der Waals surface area contributed by atoms with E-state index in [0.29, 0.717) is 6.54 Å². The van der Waals surface area contributed by atoms with E-state index in [0.717, 1.165) is 44.2 Å². The highest BCUT2D eigenvalue weighted by Crippen LogP contribution is 2.39. The molecule has 128 valence electrons. The molecule has 0 aromatic heterocycles. The third kappa shape index (κ3) is 4.55. The van der Waals surface area contributed by atoms with E-state index in [4.69, 9.17) is 0 Å². The molecule has 1 atom stereocenters. The molecule has 1 unspecified atom stereocenters.